The molecule has 548 valence electrons. The number of aliphatic carboxylic acids is 1. The fourth-order valence-corrected chi connectivity index (χ4v) is 14.4. The van der Waals surface area contributed by atoms with Gasteiger partial charge in [0.15, 0.2) is 0 Å². The van der Waals surface area contributed by atoms with E-state index >= 15 is 23.6 Å². The van der Waals surface area contributed by atoms with E-state index in [-0.39, 0.29) is 90.6 Å². The summed E-state index contributed by atoms with van der Waals surface area (Å²) in [5.41, 5.74) is 11.0. The second kappa shape index (κ2) is 35.0. The van der Waals surface area contributed by atoms with Crippen molar-refractivity contribution in [3.05, 3.63) is 155 Å². The summed E-state index contributed by atoms with van der Waals surface area (Å²) in [4.78, 5) is 172. The Balaban J connectivity index is 1.07. The molecule has 0 radical (unpaired) electrons. The Hall–Kier alpha value is -10.4. The molecule has 4 aromatic carbocycles. The lowest BCUT2D eigenvalue weighted by Gasteiger charge is -2.41. The minimum absolute atomic E-state index is 0.0358. The first-order chi connectivity index (χ1) is 49.2. The molecule has 3 aromatic heterocycles. The molecule has 0 aliphatic carbocycles. The Kier molecular flexibility index (Phi) is 26.1. The maximum Gasteiger partial charge on any atom is 0.305 e. The third kappa shape index (κ3) is 20.7. The molecule has 0 spiro atoms. The van der Waals surface area contributed by atoms with E-state index < -0.39 is 162 Å². The van der Waals surface area contributed by atoms with Gasteiger partial charge in [-0.2, -0.15) is 23.5 Å². The number of fused-ring (bicyclic) bond motifs is 5. The zero-order chi connectivity index (χ0) is 74.1. The first-order valence-corrected chi connectivity index (χ1v) is 35.6. The van der Waals surface area contributed by atoms with Crippen molar-refractivity contribution in [1.29, 1.82) is 0 Å². The number of thioether (sulfide) groups is 2. The van der Waals surface area contributed by atoms with Crippen LogP contribution < -0.4 is 54.0 Å². The minimum Gasteiger partial charge on any atom is -0.508 e. The number of nitrogens with one attached hydrogen (secondary N) is 11. The van der Waals surface area contributed by atoms with E-state index in [1.165, 1.54) is 122 Å². The third-order valence-corrected chi connectivity index (χ3v) is 20.1. The van der Waals surface area contributed by atoms with Crippen LogP contribution in [0.5, 0.6) is 5.75 Å². The second-order valence-electron chi connectivity index (χ2n) is 25.9. The van der Waals surface area contributed by atoms with Crippen molar-refractivity contribution in [1.82, 2.24) is 67.4 Å². The summed E-state index contributed by atoms with van der Waals surface area (Å²) >= 11 is 2.47. The van der Waals surface area contributed by atoms with Crippen molar-refractivity contribution in [2.24, 2.45) is 11.5 Å². The number of primary amides is 1. The molecule has 10 amide bonds. The van der Waals surface area contributed by atoms with Gasteiger partial charge in [0.2, 0.25) is 59.1 Å². The highest BCUT2D eigenvalue weighted by Crippen LogP contribution is 2.34. The molecule has 8 atom stereocenters. The second-order valence-corrected chi connectivity index (χ2v) is 28.1. The Labute approximate surface area is 597 Å². The number of carbonyl (C=O) groups is 11. The highest BCUT2D eigenvalue weighted by molar-refractivity contribution is 7.98. The van der Waals surface area contributed by atoms with Gasteiger partial charge >= 0.3 is 5.97 Å². The summed E-state index contributed by atoms with van der Waals surface area (Å²) in [5, 5.41) is 42.1. The average Bonchev–Trinajstić information content (AvgIpc) is 1.71. The highest BCUT2D eigenvalue weighted by atomic mass is 32.2. The van der Waals surface area contributed by atoms with Gasteiger partial charge in [-0.05, 0) is 141 Å². The first-order valence-electron chi connectivity index (χ1n) is 33.3. The maximum atomic E-state index is 15.5. The van der Waals surface area contributed by atoms with Crippen LogP contribution in [0.3, 0.4) is 0 Å². The number of benzene rings is 4. The van der Waals surface area contributed by atoms with E-state index in [1.807, 2.05) is 0 Å². The van der Waals surface area contributed by atoms with Crippen LogP contribution in [0.2, 0.25) is 0 Å². The Morgan fingerprint density at radius 2 is 1.25 bits per heavy atom. The number of nitrogens with two attached hydrogens (primary N) is 2. The molecule has 2 aliphatic rings. The predicted molar refractivity (Wildman–Crippen MR) is 376 cm³/mol. The topological polar surface area (TPSA) is 440 Å². The number of H-pyrrole nitrogens is 3. The van der Waals surface area contributed by atoms with Gasteiger partial charge in [-0.1, -0.05) is 18.2 Å². The van der Waals surface area contributed by atoms with Gasteiger partial charge < -0.3 is 84.1 Å². The van der Waals surface area contributed by atoms with Gasteiger partial charge in [0.1, 0.15) is 70.5 Å². The van der Waals surface area contributed by atoms with Crippen LogP contribution in [0, 0.1) is 17.5 Å². The molecule has 0 unspecified atom stereocenters. The molecule has 0 saturated carbocycles. The Morgan fingerprint density at radius 1 is 0.660 bits per heavy atom. The molecule has 33 heteroatoms. The van der Waals surface area contributed by atoms with Gasteiger partial charge in [-0.15, -0.1) is 0 Å². The van der Waals surface area contributed by atoms with Gasteiger partial charge in [0.05, 0.1) is 19.3 Å². The van der Waals surface area contributed by atoms with E-state index in [1.54, 1.807) is 6.07 Å². The van der Waals surface area contributed by atoms with Crippen LogP contribution in [0.25, 0.3) is 21.8 Å². The van der Waals surface area contributed by atoms with Crippen LogP contribution in [-0.2, 0) is 89.9 Å². The first kappa shape index (κ1) is 76.8. The predicted octanol–water partition coefficient (Wildman–Crippen LogP) is 2.71. The number of aromatic nitrogens is 4. The average molecular weight is 1460 g/mol. The molecule has 17 N–H and O–H groups in total. The number of phenolic OH excluding ortho intramolecular Hbond substituents is 1. The van der Waals surface area contributed by atoms with Gasteiger partial charge in [-0.25, -0.2) is 18.2 Å². The van der Waals surface area contributed by atoms with E-state index in [2.05, 4.69) is 62.5 Å². The van der Waals surface area contributed by atoms with Gasteiger partial charge in [0, 0.05) is 108 Å². The van der Waals surface area contributed by atoms with Crippen molar-refractivity contribution in [2.75, 3.05) is 31.1 Å². The molecular formula is C70H82F3N15O13S2. The molecule has 1 saturated heterocycles. The normalized spacial score (nSPS) is 23.2. The number of amides is 10. The number of phenols is 1. The summed E-state index contributed by atoms with van der Waals surface area (Å²) in [6.07, 6.45) is 3.93. The Morgan fingerprint density at radius 3 is 1.85 bits per heavy atom. The number of imidazole rings is 1. The molecule has 1 fully saturated rings. The molecule has 7 aromatic rings. The lowest BCUT2D eigenvalue weighted by atomic mass is 9.88. The lowest BCUT2D eigenvalue weighted by Crippen LogP contribution is -2.67. The van der Waals surface area contributed by atoms with Gasteiger partial charge in [-0.3, -0.25) is 52.7 Å². The van der Waals surface area contributed by atoms with Crippen LogP contribution in [-0.4, -0.2) is 179 Å². The fraction of sp³-hybridized carbons (Fsp3) is 0.400. The van der Waals surface area contributed by atoms with E-state index in [0.717, 1.165) is 17.8 Å². The van der Waals surface area contributed by atoms with Crippen LogP contribution >= 0.6 is 23.5 Å². The molecule has 9 rings (SSSR count). The number of unbranched alkanes of at least 4 members (excludes halogenated alkanes) is 1. The van der Waals surface area contributed by atoms with Crippen molar-refractivity contribution < 1.29 is 76.1 Å². The number of aromatic amines is 3. The number of nitrogens with zero attached hydrogens (tertiary/aromatic N) is 2. The Bertz CT molecular complexity index is 4280. The molecule has 2 bridgehead atoms. The zero-order valence-electron chi connectivity index (χ0n) is 56.4. The number of rotatable bonds is 15. The number of halogens is 3. The lowest BCUT2D eigenvalue weighted by molar-refractivity contribution is -0.150. The van der Waals surface area contributed by atoms with Crippen LogP contribution in [0.4, 0.5) is 13.2 Å². The summed E-state index contributed by atoms with van der Waals surface area (Å²) in [6, 6.07) is 7.85. The summed E-state index contributed by atoms with van der Waals surface area (Å²) < 4.78 is 45.1. The number of hydrogen-bond donors (Lipinski definition) is 15. The molecular weight excluding hydrogens is 1380 g/mol. The standard InChI is InChI=1S/C70H82F3N15O13S2/c1-69(29-38-7-11-47(89)12-8-38)68(101)88-18-5-16-70(88,2)67(100)86-57(61(75)94)36-103-35-40-20-39(21-45(73)22-40)34-102-19-15-58(90)81-52(6-3-4-17-74)62(95)79-33-59(91)82-53(23-41-30-77-50-13-9-43(71)25-48(41)50)63(96)83-54(24-42-31-78-51-14-10-44(72)26-49(42)51)64(97)85-56(28-60(92)93)65(98)84-55(66(99)87-69)27-46-32-76-37-80-46/h7-14,20-22,25-26,30-32,37,52-57,77-78,89H,3-6,15-19,23-24,27-29,33-36,74H2,1-2H3,(H2,75,94)(H,76,80)(H,79,95)(H,81,90)(H,82,91)(H,83,96)(H,84,98)(H,85,97)(H,86,100)(H,87,99)(H,92,93)/t52-,53+,54-,55-,56-,57-,69-,70-/m0/s1. The maximum absolute atomic E-state index is 15.5. The molecule has 5 heterocycles. The number of hydrogen-bond acceptors (Lipinski definition) is 16. The number of carboxylic acids is 1. The quantitative estimate of drug-likeness (QED) is 0.0656. The number of aromatic hydroxyl groups is 1. The van der Waals surface area contributed by atoms with Crippen molar-refractivity contribution in [3.63, 3.8) is 0 Å². The smallest absolute Gasteiger partial charge is 0.305 e. The summed E-state index contributed by atoms with van der Waals surface area (Å²) in [6.45, 7) is 2.32. The number of carboxylic acid groups (broad SMARTS) is 1. The van der Waals surface area contributed by atoms with Crippen LogP contribution in [0.15, 0.2) is 104 Å². The minimum atomic E-state index is -2.07. The highest BCUT2D eigenvalue weighted by Gasteiger charge is 2.52. The molecule has 2 aliphatic heterocycles. The number of carbonyl (C=O) groups excluding carboxylic acids is 10. The van der Waals surface area contributed by atoms with Gasteiger partial charge in [0.25, 0.3) is 0 Å². The zero-order valence-corrected chi connectivity index (χ0v) is 58.0. The fourth-order valence-electron chi connectivity index (χ4n) is 12.5. The summed E-state index contributed by atoms with van der Waals surface area (Å²) in [5.74, 6) is -12.5. The summed E-state index contributed by atoms with van der Waals surface area (Å²) in [7, 11) is 0. The van der Waals surface area contributed by atoms with Crippen molar-refractivity contribution >= 4 is 110 Å². The van der Waals surface area contributed by atoms with Crippen molar-refractivity contribution in [2.45, 2.75) is 143 Å². The SMILES string of the molecule is C[C@@]12CCCN1C(=O)[C@](C)(Cc1ccc(O)cc1)NC(=O)[C@H](Cc1cnc[nH]1)NC(=O)[C@H](CC(=O)O)NC(=O)[C@H](Cc1c[nH]c3ccc(F)cc13)NC(=O)[C@@H](Cc1c[nH]c3ccc(F)cc13)NC(=O)CNC(=O)[C@H](CCCCN)NC(=O)CCSCc1cc(F)cc(c1)CSC[C@@H](C(N)=O)NC2=O. The molecule has 103 heavy (non-hydrogen) atoms. The largest absolute Gasteiger partial charge is 0.508 e. The van der Waals surface area contributed by atoms with E-state index in [9.17, 15) is 52.6 Å². The van der Waals surface area contributed by atoms with E-state index in [0.29, 0.717) is 51.5 Å². The molecule has 28 nitrogen and oxygen atoms in total. The van der Waals surface area contributed by atoms with E-state index in [4.69, 9.17) is 11.5 Å². The van der Waals surface area contributed by atoms with Crippen LogP contribution in [0.1, 0.15) is 92.3 Å². The van der Waals surface area contributed by atoms with Crippen molar-refractivity contribution in [3.8, 4) is 5.75 Å². The third-order valence-electron chi connectivity index (χ3n) is 17.9. The monoisotopic (exact) mass is 1460 g/mol.